The van der Waals surface area contributed by atoms with Gasteiger partial charge in [-0.15, -0.1) is 0 Å². The zero-order chi connectivity index (χ0) is 14.0. The van der Waals surface area contributed by atoms with Crippen molar-refractivity contribution in [2.45, 2.75) is 33.1 Å². The first-order valence-corrected chi connectivity index (χ1v) is 6.58. The number of aryl methyl sites for hydroxylation is 1. The molecule has 1 aliphatic rings. The fourth-order valence-corrected chi connectivity index (χ4v) is 2.65. The summed E-state index contributed by atoms with van der Waals surface area (Å²) in [7, 11) is 0. The third-order valence-electron chi connectivity index (χ3n) is 3.64. The van der Waals surface area contributed by atoms with Crippen molar-refractivity contribution in [2.24, 2.45) is 0 Å². The van der Waals surface area contributed by atoms with Crippen LogP contribution in [0.25, 0.3) is 0 Å². The van der Waals surface area contributed by atoms with Gasteiger partial charge in [0.1, 0.15) is 11.8 Å². The van der Waals surface area contributed by atoms with Crippen LogP contribution < -0.4 is 4.90 Å². The number of hydrogen-bond acceptors (Lipinski definition) is 4. The van der Waals surface area contributed by atoms with Crippen molar-refractivity contribution >= 4 is 11.5 Å². The van der Waals surface area contributed by atoms with Crippen LogP contribution in [-0.4, -0.2) is 24.0 Å². The number of anilines is 1. The van der Waals surface area contributed by atoms with Crippen molar-refractivity contribution in [1.29, 1.82) is 5.26 Å². The molecule has 1 aromatic carbocycles. The zero-order valence-electron chi connectivity index (χ0n) is 11.4. The number of piperidine rings is 1. The van der Waals surface area contributed by atoms with E-state index in [1.165, 1.54) is 13.3 Å². The van der Waals surface area contributed by atoms with Crippen molar-refractivity contribution < 1.29 is 9.90 Å². The molecular weight excluding hydrogens is 240 g/mol. The van der Waals surface area contributed by atoms with Crippen molar-refractivity contribution in [3.63, 3.8) is 0 Å². The van der Waals surface area contributed by atoms with Crippen LogP contribution in [0.15, 0.2) is 6.07 Å². The molecule has 4 nitrogen and oxygen atoms in total. The fourth-order valence-electron chi connectivity index (χ4n) is 2.65. The van der Waals surface area contributed by atoms with Crippen molar-refractivity contribution in [2.75, 3.05) is 18.0 Å². The standard InChI is InChI=1S/C15H18N2O2/c1-10-8-13(17-6-4-3-5-7-17)14(11(2)18)15(19)12(10)9-16/h8,19H,3-7H2,1-2H3. The van der Waals surface area contributed by atoms with Gasteiger partial charge >= 0.3 is 0 Å². The number of Topliss-reactive ketones (excluding diaryl/α,β-unsaturated/α-hetero) is 1. The molecule has 1 fully saturated rings. The lowest BCUT2D eigenvalue weighted by Crippen LogP contribution is -2.30. The Morgan fingerprint density at radius 1 is 1.37 bits per heavy atom. The average Bonchev–Trinajstić information content (AvgIpc) is 2.39. The Labute approximate surface area is 113 Å². The number of rotatable bonds is 2. The molecule has 0 atom stereocenters. The van der Waals surface area contributed by atoms with Gasteiger partial charge in [-0.25, -0.2) is 0 Å². The minimum Gasteiger partial charge on any atom is -0.506 e. The van der Waals surface area contributed by atoms with E-state index in [1.807, 2.05) is 12.1 Å². The lowest BCUT2D eigenvalue weighted by molar-refractivity contribution is 0.101. The Morgan fingerprint density at radius 2 is 2.00 bits per heavy atom. The molecule has 0 radical (unpaired) electrons. The quantitative estimate of drug-likeness (QED) is 0.828. The molecule has 1 aromatic rings. The molecule has 0 unspecified atom stereocenters. The molecule has 4 heteroatoms. The number of nitrogens with zero attached hydrogens (tertiary/aromatic N) is 2. The monoisotopic (exact) mass is 258 g/mol. The third-order valence-corrected chi connectivity index (χ3v) is 3.64. The zero-order valence-corrected chi connectivity index (χ0v) is 11.4. The summed E-state index contributed by atoms with van der Waals surface area (Å²) in [6.45, 7) is 5.00. The summed E-state index contributed by atoms with van der Waals surface area (Å²) in [4.78, 5) is 13.9. The summed E-state index contributed by atoms with van der Waals surface area (Å²) in [6.07, 6.45) is 3.39. The molecule has 0 aliphatic carbocycles. The van der Waals surface area contributed by atoms with Crippen LogP contribution in [-0.2, 0) is 0 Å². The summed E-state index contributed by atoms with van der Waals surface area (Å²) in [5, 5.41) is 19.3. The third kappa shape index (κ3) is 2.41. The summed E-state index contributed by atoms with van der Waals surface area (Å²) in [5.41, 5.74) is 1.96. The summed E-state index contributed by atoms with van der Waals surface area (Å²) < 4.78 is 0. The molecule has 0 saturated carbocycles. The second-order valence-corrected chi connectivity index (χ2v) is 5.03. The van der Waals surface area contributed by atoms with Crippen LogP contribution in [0.1, 0.15) is 47.7 Å². The van der Waals surface area contributed by atoms with Gasteiger partial charge in [-0.3, -0.25) is 4.79 Å². The van der Waals surface area contributed by atoms with Gasteiger partial charge in [0, 0.05) is 13.1 Å². The molecule has 1 N–H and O–H groups in total. The van der Waals surface area contributed by atoms with E-state index in [0.29, 0.717) is 5.56 Å². The largest absolute Gasteiger partial charge is 0.506 e. The van der Waals surface area contributed by atoms with Gasteiger partial charge in [-0.2, -0.15) is 5.26 Å². The Morgan fingerprint density at radius 3 is 2.53 bits per heavy atom. The summed E-state index contributed by atoms with van der Waals surface area (Å²) in [5.74, 6) is -0.370. The lowest BCUT2D eigenvalue weighted by Gasteiger charge is -2.31. The highest BCUT2D eigenvalue weighted by Gasteiger charge is 2.23. The highest BCUT2D eigenvalue weighted by atomic mass is 16.3. The molecular formula is C15H18N2O2. The summed E-state index contributed by atoms with van der Waals surface area (Å²) in [6, 6.07) is 3.82. The van der Waals surface area contributed by atoms with E-state index < -0.39 is 0 Å². The molecule has 0 aromatic heterocycles. The molecule has 100 valence electrons. The van der Waals surface area contributed by atoms with Gasteiger partial charge in [-0.1, -0.05) is 0 Å². The van der Waals surface area contributed by atoms with E-state index in [-0.39, 0.29) is 22.7 Å². The molecule has 2 rings (SSSR count). The highest BCUT2D eigenvalue weighted by Crippen LogP contribution is 2.35. The van der Waals surface area contributed by atoms with Crippen LogP contribution in [0.5, 0.6) is 5.75 Å². The van der Waals surface area contributed by atoms with Crippen LogP contribution in [0.3, 0.4) is 0 Å². The molecule has 19 heavy (non-hydrogen) atoms. The lowest BCUT2D eigenvalue weighted by atomic mass is 9.97. The molecule has 0 amide bonds. The van der Waals surface area contributed by atoms with Crippen molar-refractivity contribution in [3.05, 3.63) is 22.8 Å². The normalized spacial score (nSPS) is 15.1. The van der Waals surface area contributed by atoms with Gasteiger partial charge in [0.15, 0.2) is 5.78 Å². The number of aromatic hydroxyl groups is 1. The first-order valence-electron chi connectivity index (χ1n) is 6.58. The molecule has 1 heterocycles. The Bertz CT molecular complexity index is 552. The minimum absolute atomic E-state index is 0.171. The topological polar surface area (TPSA) is 64.3 Å². The smallest absolute Gasteiger partial charge is 0.165 e. The van der Waals surface area contributed by atoms with E-state index in [4.69, 9.17) is 5.26 Å². The van der Waals surface area contributed by atoms with Gasteiger partial charge in [-0.05, 0) is 44.7 Å². The SMILES string of the molecule is CC(=O)c1c(N2CCCCC2)cc(C)c(C#N)c1O. The van der Waals surface area contributed by atoms with Crippen molar-refractivity contribution in [3.8, 4) is 11.8 Å². The van der Waals surface area contributed by atoms with Crippen LogP contribution in [0, 0.1) is 18.3 Å². The maximum atomic E-state index is 11.8. The highest BCUT2D eigenvalue weighted by molar-refractivity contribution is 6.03. The fraction of sp³-hybridized carbons (Fsp3) is 0.467. The van der Waals surface area contributed by atoms with Gasteiger partial charge in [0.25, 0.3) is 0 Å². The second-order valence-electron chi connectivity index (χ2n) is 5.03. The van der Waals surface area contributed by atoms with Crippen LogP contribution in [0.2, 0.25) is 0 Å². The van der Waals surface area contributed by atoms with Crippen molar-refractivity contribution in [1.82, 2.24) is 0 Å². The van der Waals surface area contributed by atoms with E-state index in [1.54, 1.807) is 6.92 Å². The van der Waals surface area contributed by atoms with E-state index in [2.05, 4.69) is 4.90 Å². The molecule has 1 aliphatic heterocycles. The second kappa shape index (κ2) is 5.31. The average molecular weight is 258 g/mol. The van der Waals surface area contributed by atoms with Gasteiger partial charge in [0.05, 0.1) is 16.8 Å². The van der Waals surface area contributed by atoms with E-state index >= 15 is 0 Å². The number of phenolic OH excluding ortho intramolecular Hbond substituents is 1. The number of carbonyl (C=O) groups is 1. The maximum absolute atomic E-state index is 11.8. The number of carbonyl (C=O) groups excluding carboxylic acids is 1. The number of ketones is 1. The Kier molecular flexibility index (Phi) is 3.75. The first kappa shape index (κ1) is 13.4. The molecule has 0 spiro atoms. The number of phenols is 1. The summed E-state index contributed by atoms with van der Waals surface area (Å²) >= 11 is 0. The van der Waals surface area contributed by atoms with Gasteiger partial charge < -0.3 is 10.0 Å². The first-order chi connectivity index (χ1) is 9.06. The van der Waals surface area contributed by atoms with Crippen LogP contribution in [0.4, 0.5) is 5.69 Å². The Hall–Kier alpha value is -2.02. The molecule has 1 saturated heterocycles. The number of hydrogen-bond donors (Lipinski definition) is 1. The predicted molar refractivity (Wildman–Crippen MR) is 73.6 cm³/mol. The maximum Gasteiger partial charge on any atom is 0.165 e. The minimum atomic E-state index is -0.199. The van der Waals surface area contributed by atoms with E-state index in [9.17, 15) is 9.90 Å². The number of nitriles is 1. The van der Waals surface area contributed by atoms with E-state index in [0.717, 1.165) is 31.6 Å². The van der Waals surface area contributed by atoms with Gasteiger partial charge in [0.2, 0.25) is 0 Å². The number of benzene rings is 1. The molecule has 0 bridgehead atoms. The Balaban J connectivity index is 2.59. The predicted octanol–water partition coefficient (Wildman–Crippen LogP) is 2.77. The van der Waals surface area contributed by atoms with Crippen LogP contribution >= 0.6 is 0 Å².